The van der Waals surface area contributed by atoms with Gasteiger partial charge in [-0.15, -0.1) is 0 Å². The maximum atomic E-state index is 10.9. The van der Waals surface area contributed by atoms with Crippen LogP contribution in [-0.2, 0) is 4.79 Å². The van der Waals surface area contributed by atoms with E-state index < -0.39 is 10.9 Å². The Labute approximate surface area is 103 Å². The van der Waals surface area contributed by atoms with Crippen LogP contribution < -0.4 is 4.90 Å². The number of nitro groups is 1. The first-order valence-electron chi connectivity index (χ1n) is 5.07. The van der Waals surface area contributed by atoms with Gasteiger partial charge >= 0.3 is 5.97 Å². The predicted octanol–water partition coefficient (Wildman–Crippen LogP) is 1.38. The van der Waals surface area contributed by atoms with E-state index in [2.05, 4.69) is 0 Å². The first-order valence-corrected chi connectivity index (χ1v) is 5.07. The maximum Gasteiger partial charge on any atom is 0.305 e. The van der Waals surface area contributed by atoms with Crippen molar-refractivity contribution in [3.8, 4) is 6.07 Å². The molecular formula is C11H11N3O4. The number of anilines is 1. The molecule has 1 aromatic rings. The minimum absolute atomic E-state index is 0.117. The Hall–Kier alpha value is -2.62. The number of hydrogen-bond donors (Lipinski definition) is 1. The van der Waals surface area contributed by atoms with Crippen LogP contribution in [-0.4, -0.2) is 29.6 Å². The van der Waals surface area contributed by atoms with Crippen molar-refractivity contribution in [2.24, 2.45) is 0 Å². The number of aliphatic carboxylic acids is 1. The molecule has 0 saturated heterocycles. The Morgan fingerprint density at radius 3 is 2.78 bits per heavy atom. The van der Waals surface area contributed by atoms with Crippen molar-refractivity contribution >= 4 is 17.3 Å². The molecule has 94 valence electrons. The second-order valence-electron chi connectivity index (χ2n) is 3.64. The van der Waals surface area contributed by atoms with Crippen molar-refractivity contribution in [3.05, 3.63) is 33.9 Å². The van der Waals surface area contributed by atoms with Gasteiger partial charge < -0.3 is 10.0 Å². The van der Waals surface area contributed by atoms with Crippen molar-refractivity contribution in [1.29, 1.82) is 5.26 Å². The van der Waals surface area contributed by atoms with Gasteiger partial charge in [-0.05, 0) is 12.1 Å². The smallest absolute Gasteiger partial charge is 0.305 e. The molecular weight excluding hydrogens is 238 g/mol. The van der Waals surface area contributed by atoms with E-state index in [4.69, 9.17) is 10.4 Å². The van der Waals surface area contributed by atoms with E-state index in [1.54, 1.807) is 7.05 Å². The van der Waals surface area contributed by atoms with E-state index in [1.165, 1.54) is 23.1 Å². The molecule has 7 heteroatoms. The fraction of sp³-hybridized carbons (Fsp3) is 0.273. The highest BCUT2D eigenvalue weighted by Gasteiger charge is 2.18. The predicted molar refractivity (Wildman–Crippen MR) is 63.3 cm³/mol. The van der Waals surface area contributed by atoms with Crippen LogP contribution in [0.4, 0.5) is 11.4 Å². The molecule has 0 aliphatic rings. The fourth-order valence-electron chi connectivity index (χ4n) is 1.45. The summed E-state index contributed by atoms with van der Waals surface area (Å²) in [5.74, 6) is -0.974. The first-order chi connectivity index (χ1) is 8.45. The van der Waals surface area contributed by atoms with E-state index >= 15 is 0 Å². The Morgan fingerprint density at radius 2 is 2.28 bits per heavy atom. The third-order valence-corrected chi connectivity index (χ3v) is 2.37. The molecule has 0 heterocycles. The van der Waals surface area contributed by atoms with Gasteiger partial charge in [0, 0.05) is 19.7 Å². The summed E-state index contributed by atoms with van der Waals surface area (Å²) in [7, 11) is 1.57. The van der Waals surface area contributed by atoms with Crippen LogP contribution in [0.5, 0.6) is 0 Å². The Bertz CT molecular complexity index is 522. The lowest BCUT2D eigenvalue weighted by molar-refractivity contribution is -0.384. The fourth-order valence-corrected chi connectivity index (χ4v) is 1.45. The van der Waals surface area contributed by atoms with Gasteiger partial charge in [0.25, 0.3) is 5.69 Å². The number of benzene rings is 1. The molecule has 0 saturated carbocycles. The van der Waals surface area contributed by atoms with E-state index in [9.17, 15) is 14.9 Å². The third kappa shape index (κ3) is 3.18. The van der Waals surface area contributed by atoms with E-state index in [1.807, 2.05) is 6.07 Å². The minimum Gasteiger partial charge on any atom is -0.481 e. The van der Waals surface area contributed by atoms with Crippen LogP contribution in [0, 0.1) is 21.4 Å². The Balaban J connectivity index is 3.04. The molecule has 0 radical (unpaired) electrons. The monoisotopic (exact) mass is 249 g/mol. The van der Waals surface area contributed by atoms with Gasteiger partial charge in [0.2, 0.25) is 0 Å². The molecule has 7 nitrogen and oxygen atoms in total. The summed E-state index contributed by atoms with van der Waals surface area (Å²) in [6, 6.07) is 5.90. The second-order valence-corrected chi connectivity index (χ2v) is 3.64. The molecule has 0 fully saturated rings. The average molecular weight is 249 g/mol. The van der Waals surface area contributed by atoms with Gasteiger partial charge in [-0.25, -0.2) is 0 Å². The zero-order valence-electron chi connectivity index (χ0n) is 9.66. The molecule has 1 N–H and O–H groups in total. The largest absolute Gasteiger partial charge is 0.481 e. The van der Waals surface area contributed by atoms with Crippen LogP contribution in [0.1, 0.15) is 12.0 Å². The molecule has 0 bridgehead atoms. The van der Waals surface area contributed by atoms with Gasteiger partial charge in [-0.3, -0.25) is 14.9 Å². The lowest BCUT2D eigenvalue weighted by Crippen LogP contribution is -2.21. The van der Waals surface area contributed by atoms with E-state index in [0.717, 1.165) is 0 Å². The molecule has 0 atom stereocenters. The van der Waals surface area contributed by atoms with Crippen molar-refractivity contribution in [2.45, 2.75) is 6.42 Å². The number of nitrogens with zero attached hydrogens (tertiary/aromatic N) is 3. The quantitative estimate of drug-likeness (QED) is 0.623. The topological polar surface area (TPSA) is 107 Å². The highest BCUT2D eigenvalue weighted by molar-refractivity contribution is 5.69. The van der Waals surface area contributed by atoms with Crippen molar-refractivity contribution < 1.29 is 14.8 Å². The van der Waals surface area contributed by atoms with Gasteiger partial charge in [0.1, 0.15) is 5.69 Å². The summed E-state index contributed by atoms with van der Waals surface area (Å²) >= 11 is 0. The van der Waals surface area contributed by atoms with Gasteiger partial charge in [-0.1, -0.05) is 0 Å². The van der Waals surface area contributed by atoms with Crippen molar-refractivity contribution in [3.63, 3.8) is 0 Å². The minimum atomic E-state index is -0.974. The number of carbonyl (C=O) groups is 1. The average Bonchev–Trinajstić information content (AvgIpc) is 2.34. The van der Waals surface area contributed by atoms with Gasteiger partial charge in [0.05, 0.1) is 23.0 Å². The maximum absolute atomic E-state index is 10.9. The van der Waals surface area contributed by atoms with Crippen LogP contribution >= 0.6 is 0 Å². The van der Waals surface area contributed by atoms with Gasteiger partial charge in [-0.2, -0.15) is 5.26 Å². The standard InChI is InChI=1S/C11H11N3O4/c1-13(5-4-11(15)16)9-3-2-8(7-12)6-10(9)14(17)18/h2-3,6H,4-5H2,1H3,(H,15,16). The third-order valence-electron chi connectivity index (χ3n) is 2.37. The highest BCUT2D eigenvalue weighted by Crippen LogP contribution is 2.28. The molecule has 0 aliphatic carbocycles. The molecule has 1 aromatic carbocycles. The molecule has 0 spiro atoms. The number of nitriles is 1. The summed E-state index contributed by atoms with van der Waals surface area (Å²) in [5.41, 5.74) is 0.277. The van der Waals surface area contributed by atoms with Crippen LogP contribution in [0.3, 0.4) is 0 Å². The Kier molecular flexibility index (Phi) is 4.21. The van der Waals surface area contributed by atoms with Crippen molar-refractivity contribution in [2.75, 3.05) is 18.5 Å². The van der Waals surface area contributed by atoms with E-state index in [-0.39, 0.29) is 24.2 Å². The summed E-state index contributed by atoms with van der Waals surface area (Å²) in [6.45, 7) is 0.155. The summed E-state index contributed by atoms with van der Waals surface area (Å²) < 4.78 is 0. The summed E-state index contributed by atoms with van der Waals surface area (Å²) in [4.78, 5) is 22.2. The zero-order valence-corrected chi connectivity index (χ0v) is 9.66. The zero-order chi connectivity index (χ0) is 13.7. The molecule has 0 aromatic heterocycles. The number of nitro benzene ring substituents is 1. The SMILES string of the molecule is CN(CCC(=O)O)c1ccc(C#N)cc1[N+](=O)[O-]. The normalized spacial score (nSPS) is 9.56. The van der Waals surface area contributed by atoms with E-state index in [0.29, 0.717) is 5.69 Å². The van der Waals surface area contributed by atoms with Crippen LogP contribution in [0.2, 0.25) is 0 Å². The highest BCUT2D eigenvalue weighted by atomic mass is 16.6. The first kappa shape index (κ1) is 13.4. The van der Waals surface area contributed by atoms with Crippen molar-refractivity contribution in [1.82, 2.24) is 0 Å². The summed E-state index contributed by atoms with van der Waals surface area (Å²) in [6.07, 6.45) is -0.117. The summed E-state index contributed by atoms with van der Waals surface area (Å²) in [5, 5.41) is 28.1. The number of rotatable bonds is 5. The lowest BCUT2D eigenvalue weighted by atomic mass is 10.1. The van der Waals surface area contributed by atoms with Crippen LogP contribution in [0.25, 0.3) is 0 Å². The molecule has 1 rings (SSSR count). The second kappa shape index (κ2) is 5.63. The lowest BCUT2D eigenvalue weighted by Gasteiger charge is -2.17. The van der Waals surface area contributed by atoms with Gasteiger partial charge in [0.15, 0.2) is 0 Å². The number of hydrogen-bond acceptors (Lipinski definition) is 5. The number of carboxylic acid groups (broad SMARTS) is 1. The Morgan fingerprint density at radius 1 is 1.61 bits per heavy atom. The number of carboxylic acids is 1. The van der Waals surface area contributed by atoms with Crippen LogP contribution in [0.15, 0.2) is 18.2 Å². The molecule has 0 amide bonds. The molecule has 18 heavy (non-hydrogen) atoms. The molecule has 0 aliphatic heterocycles. The molecule has 0 unspecified atom stereocenters.